The Morgan fingerprint density at radius 2 is 2.33 bits per heavy atom. The molecular formula is C12H17ClN2. The van der Waals surface area contributed by atoms with Gasteiger partial charge in [-0.05, 0) is 23.5 Å². The molecule has 2 heterocycles. The van der Waals surface area contributed by atoms with Gasteiger partial charge in [-0.25, -0.2) is 0 Å². The molecule has 0 radical (unpaired) electrons. The van der Waals surface area contributed by atoms with Gasteiger partial charge in [0, 0.05) is 25.2 Å². The molecule has 1 fully saturated rings. The van der Waals surface area contributed by atoms with Crippen LogP contribution in [-0.2, 0) is 5.88 Å². The monoisotopic (exact) mass is 224 g/mol. The van der Waals surface area contributed by atoms with Gasteiger partial charge in [0.2, 0.25) is 0 Å². The fourth-order valence-corrected chi connectivity index (χ4v) is 2.36. The summed E-state index contributed by atoms with van der Waals surface area (Å²) in [6, 6.07) is 2.01. The molecule has 1 aromatic rings. The van der Waals surface area contributed by atoms with Crippen molar-refractivity contribution in [3.05, 3.63) is 24.0 Å². The van der Waals surface area contributed by atoms with Gasteiger partial charge >= 0.3 is 0 Å². The Morgan fingerprint density at radius 3 is 2.93 bits per heavy atom. The molecule has 0 amide bonds. The summed E-state index contributed by atoms with van der Waals surface area (Å²) in [7, 11) is 0. The molecule has 0 saturated carbocycles. The zero-order chi connectivity index (χ0) is 10.9. The number of rotatable bonds is 2. The molecule has 0 bridgehead atoms. The molecule has 82 valence electrons. The summed E-state index contributed by atoms with van der Waals surface area (Å²) < 4.78 is 0. The summed E-state index contributed by atoms with van der Waals surface area (Å²) in [5, 5.41) is 0. The third-order valence-electron chi connectivity index (χ3n) is 3.05. The SMILES string of the molecule is CC1(C)CCN(c2cnccc2CCl)C1. The van der Waals surface area contributed by atoms with Crippen LogP contribution < -0.4 is 4.90 Å². The van der Waals surface area contributed by atoms with Crippen LogP contribution in [0.4, 0.5) is 5.69 Å². The Balaban J connectivity index is 2.23. The fourth-order valence-electron chi connectivity index (χ4n) is 2.13. The van der Waals surface area contributed by atoms with Crippen LogP contribution in [0.3, 0.4) is 0 Å². The molecule has 0 spiro atoms. The zero-order valence-corrected chi connectivity index (χ0v) is 10.1. The van der Waals surface area contributed by atoms with Crippen LogP contribution in [0.5, 0.6) is 0 Å². The number of pyridine rings is 1. The second-order valence-corrected chi connectivity index (χ2v) is 5.24. The second kappa shape index (κ2) is 4.01. The second-order valence-electron chi connectivity index (χ2n) is 4.97. The summed E-state index contributed by atoms with van der Waals surface area (Å²) in [4.78, 5) is 6.58. The Bertz CT molecular complexity index is 349. The normalized spacial score (nSPS) is 19.5. The van der Waals surface area contributed by atoms with Crippen LogP contribution in [-0.4, -0.2) is 18.1 Å². The third kappa shape index (κ3) is 2.25. The lowest BCUT2D eigenvalue weighted by Gasteiger charge is -2.23. The van der Waals surface area contributed by atoms with E-state index < -0.39 is 0 Å². The first-order chi connectivity index (χ1) is 7.12. The first-order valence-electron chi connectivity index (χ1n) is 5.36. The van der Waals surface area contributed by atoms with Crippen molar-refractivity contribution in [3.8, 4) is 0 Å². The van der Waals surface area contributed by atoms with Gasteiger partial charge in [-0.3, -0.25) is 4.98 Å². The maximum atomic E-state index is 5.93. The summed E-state index contributed by atoms with van der Waals surface area (Å²) in [5.74, 6) is 0.564. The highest BCUT2D eigenvalue weighted by Crippen LogP contribution is 2.33. The first kappa shape index (κ1) is 10.7. The van der Waals surface area contributed by atoms with Gasteiger partial charge in [0.05, 0.1) is 11.9 Å². The largest absolute Gasteiger partial charge is 0.369 e. The molecule has 0 atom stereocenters. The van der Waals surface area contributed by atoms with Gasteiger partial charge in [-0.15, -0.1) is 11.6 Å². The summed E-state index contributed by atoms with van der Waals surface area (Å²) in [5.41, 5.74) is 2.81. The summed E-state index contributed by atoms with van der Waals surface area (Å²) >= 11 is 5.93. The van der Waals surface area contributed by atoms with Crippen molar-refractivity contribution in [1.82, 2.24) is 4.98 Å². The lowest BCUT2D eigenvalue weighted by Crippen LogP contribution is -2.23. The lowest BCUT2D eigenvalue weighted by atomic mass is 9.93. The molecule has 1 aromatic heterocycles. The Hall–Kier alpha value is -0.760. The van der Waals surface area contributed by atoms with E-state index in [0.29, 0.717) is 11.3 Å². The van der Waals surface area contributed by atoms with Crippen molar-refractivity contribution < 1.29 is 0 Å². The van der Waals surface area contributed by atoms with E-state index in [-0.39, 0.29) is 0 Å². The summed E-state index contributed by atoms with van der Waals surface area (Å²) in [6.45, 7) is 6.83. The minimum absolute atomic E-state index is 0.416. The van der Waals surface area contributed by atoms with Crippen molar-refractivity contribution in [2.45, 2.75) is 26.1 Å². The molecule has 1 aliphatic rings. The topological polar surface area (TPSA) is 16.1 Å². The molecule has 15 heavy (non-hydrogen) atoms. The minimum atomic E-state index is 0.416. The van der Waals surface area contributed by atoms with Gasteiger partial charge in [-0.1, -0.05) is 13.8 Å². The molecule has 3 heteroatoms. The Morgan fingerprint density at radius 1 is 1.53 bits per heavy atom. The van der Waals surface area contributed by atoms with Crippen molar-refractivity contribution in [2.24, 2.45) is 5.41 Å². The number of nitrogens with zero attached hydrogens (tertiary/aromatic N) is 2. The van der Waals surface area contributed by atoms with E-state index in [1.165, 1.54) is 17.7 Å². The molecule has 2 rings (SSSR count). The van der Waals surface area contributed by atoms with Crippen LogP contribution in [0.25, 0.3) is 0 Å². The predicted octanol–water partition coefficient (Wildman–Crippen LogP) is 3.06. The minimum Gasteiger partial charge on any atom is -0.369 e. The number of anilines is 1. The van der Waals surface area contributed by atoms with Crippen molar-refractivity contribution in [3.63, 3.8) is 0 Å². The average Bonchev–Trinajstić information content (AvgIpc) is 2.59. The van der Waals surface area contributed by atoms with E-state index in [1.54, 1.807) is 0 Å². The number of alkyl halides is 1. The average molecular weight is 225 g/mol. The number of halogens is 1. The maximum Gasteiger partial charge on any atom is 0.0597 e. The predicted molar refractivity (Wildman–Crippen MR) is 64.4 cm³/mol. The Kier molecular flexibility index (Phi) is 2.87. The molecule has 1 aliphatic heterocycles. The maximum absolute atomic E-state index is 5.93. The van der Waals surface area contributed by atoms with Crippen molar-refractivity contribution >= 4 is 17.3 Å². The van der Waals surface area contributed by atoms with Gasteiger partial charge in [-0.2, -0.15) is 0 Å². The molecule has 2 nitrogen and oxygen atoms in total. The number of hydrogen-bond acceptors (Lipinski definition) is 2. The molecule has 0 aromatic carbocycles. The highest BCUT2D eigenvalue weighted by atomic mass is 35.5. The summed E-state index contributed by atoms with van der Waals surface area (Å²) in [6.07, 6.45) is 4.98. The van der Waals surface area contributed by atoms with Crippen LogP contribution in [0.15, 0.2) is 18.5 Å². The molecule has 0 unspecified atom stereocenters. The third-order valence-corrected chi connectivity index (χ3v) is 3.34. The van der Waals surface area contributed by atoms with E-state index in [4.69, 9.17) is 11.6 Å². The highest BCUT2D eigenvalue weighted by molar-refractivity contribution is 6.17. The van der Waals surface area contributed by atoms with Crippen LogP contribution in [0.1, 0.15) is 25.8 Å². The first-order valence-corrected chi connectivity index (χ1v) is 5.90. The Labute approximate surface area is 96.3 Å². The molecule has 1 saturated heterocycles. The van der Waals surface area contributed by atoms with E-state index in [0.717, 1.165) is 13.1 Å². The smallest absolute Gasteiger partial charge is 0.0597 e. The number of aromatic nitrogens is 1. The van der Waals surface area contributed by atoms with Crippen LogP contribution in [0, 0.1) is 5.41 Å². The van der Waals surface area contributed by atoms with Gasteiger partial charge in [0.15, 0.2) is 0 Å². The lowest BCUT2D eigenvalue weighted by molar-refractivity contribution is 0.418. The van der Waals surface area contributed by atoms with Crippen molar-refractivity contribution in [2.75, 3.05) is 18.0 Å². The van der Waals surface area contributed by atoms with E-state index in [1.807, 2.05) is 18.5 Å². The quantitative estimate of drug-likeness (QED) is 0.718. The van der Waals surface area contributed by atoms with E-state index in [2.05, 4.69) is 23.7 Å². The molecule has 0 aliphatic carbocycles. The van der Waals surface area contributed by atoms with Gasteiger partial charge in [0.1, 0.15) is 0 Å². The van der Waals surface area contributed by atoms with Gasteiger partial charge in [0.25, 0.3) is 0 Å². The molecular weight excluding hydrogens is 208 g/mol. The van der Waals surface area contributed by atoms with Crippen LogP contribution >= 0.6 is 11.6 Å². The van der Waals surface area contributed by atoms with Gasteiger partial charge < -0.3 is 4.90 Å². The van der Waals surface area contributed by atoms with E-state index >= 15 is 0 Å². The highest BCUT2D eigenvalue weighted by Gasteiger charge is 2.30. The van der Waals surface area contributed by atoms with Crippen LogP contribution in [0.2, 0.25) is 0 Å². The fraction of sp³-hybridized carbons (Fsp3) is 0.583. The zero-order valence-electron chi connectivity index (χ0n) is 9.33. The van der Waals surface area contributed by atoms with E-state index in [9.17, 15) is 0 Å². The standard InChI is InChI=1S/C12H17ClN2/c1-12(2)4-6-15(9-12)11-8-14-5-3-10(11)7-13/h3,5,8H,4,6-7,9H2,1-2H3. The molecule has 0 N–H and O–H groups in total. The van der Waals surface area contributed by atoms with Crippen molar-refractivity contribution in [1.29, 1.82) is 0 Å². The number of hydrogen-bond donors (Lipinski definition) is 0.